The molecule has 0 aliphatic carbocycles. The number of halogens is 2. The molecule has 0 bridgehead atoms. The summed E-state index contributed by atoms with van der Waals surface area (Å²) in [5.41, 5.74) is 5.45. The van der Waals surface area contributed by atoms with Gasteiger partial charge in [0, 0.05) is 23.7 Å². The third-order valence-corrected chi connectivity index (χ3v) is 2.82. The predicted octanol–water partition coefficient (Wildman–Crippen LogP) is 3.69. The fourth-order valence-electron chi connectivity index (χ4n) is 1.81. The Morgan fingerprint density at radius 1 is 1.24 bits per heavy atom. The molecular formula is C14H12F2N2O3. The minimum Gasteiger partial charge on any atom is -0.454 e. The van der Waals surface area contributed by atoms with Crippen molar-refractivity contribution in [2.75, 3.05) is 0 Å². The van der Waals surface area contributed by atoms with Crippen molar-refractivity contribution in [1.82, 2.24) is 0 Å². The molecule has 0 unspecified atom stereocenters. The Morgan fingerprint density at radius 2 is 1.95 bits per heavy atom. The second kappa shape index (κ2) is 5.84. The van der Waals surface area contributed by atoms with Crippen LogP contribution in [0.25, 0.3) is 0 Å². The number of ether oxygens (including phenoxy) is 1. The summed E-state index contributed by atoms with van der Waals surface area (Å²) in [4.78, 5) is 9.69. The molecule has 2 aromatic carbocycles. The molecule has 7 heteroatoms. The molecule has 0 amide bonds. The highest BCUT2D eigenvalue weighted by atomic mass is 19.1. The molecule has 5 nitrogen and oxygen atoms in total. The molecule has 0 aliphatic rings. The van der Waals surface area contributed by atoms with E-state index in [9.17, 15) is 18.9 Å². The zero-order valence-corrected chi connectivity index (χ0v) is 11.0. The smallest absolute Gasteiger partial charge is 0.305 e. The van der Waals surface area contributed by atoms with Crippen LogP contribution in [0.1, 0.15) is 18.5 Å². The Kier molecular flexibility index (Phi) is 4.13. The molecule has 0 spiro atoms. The van der Waals surface area contributed by atoms with Crippen molar-refractivity contribution in [3.63, 3.8) is 0 Å². The maximum atomic E-state index is 13.8. The van der Waals surface area contributed by atoms with E-state index in [4.69, 9.17) is 10.5 Å². The van der Waals surface area contributed by atoms with Crippen molar-refractivity contribution in [3.05, 3.63) is 63.7 Å². The van der Waals surface area contributed by atoms with Crippen molar-refractivity contribution in [2.45, 2.75) is 13.0 Å². The highest BCUT2D eigenvalue weighted by molar-refractivity contribution is 5.43. The van der Waals surface area contributed by atoms with Gasteiger partial charge in [-0.1, -0.05) is 12.1 Å². The number of para-hydroxylation sites is 1. The van der Waals surface area contributed by atoms with E-state index < -0.39 is 28.3 Å². The predicted molar refractivity (Wildman–Crippen MR) is 72.1 cm³/mol. The average Bonchev–Trinajstić information content (AvgIpc) is 2.40. The van der Waals surface area contributed by atoms with E-state index in [0.29, 0.717) is 5.56 Å². The van der Waals surface area contributed by atoms with Crippen LogP contribution in [0, 0.1) is 21.7 Å². The van der Waals surface area contributed by atoms with Crippen LogP contribution < -0.4 is 10.5 Å². The van der Waals surface area contributed by atoms with E-state index in [1.807, 2.05) is 0 Å². The lowest BCUT2D eigenvalue weighted by atomic mass is 10.1. The fourth-order valence-corrected chi connectivity index (χ4v) is 1.81. The third-order valence-electron chi connectivity index (χ3n) is 2.82. The van der Waals surface area contributed by atoms with E-state index >= 15 is 0 Å². The van der Waals surface area contributed by atoms with Gasteiger partial charge in [-0.3, -0.25) is 10.1 Å². The first-order valence-electron chi connectivity index (χ1n) is 6.06. The Balaban J connectivity index is 2.39. The van der Waals surface area contributed by atoms with Crippen LogP contribution in [-0.2, 0) is 0 Å². The van der Waals surface area contributed by atoms with E-state index in [-0.39, 0.29) is 11.5 Å². The van der Waals surface area contributed by atoms with Crippen LogP contribution in [0.15, 0.2) is 36.4 Å². The van der Waals surface area contributed by atoms with Crippen LogP contribution >= 0.6 is 0 Å². The molecule has 21 heavy (non-hydrogen) atoms. The molecule has 2 aromatic rings. The monoisotopic (exact) mass is 294 g/mol. The number of hydrogen-bond donors (Lipinski definition) is 1. The lowest BCUT2D eigenvalue weighted by Crippen LogP contribution is -2.07. The number of nitrogens with two attached hydrogens (primary N) is 1. The summed E-state index contributed by atoms with van der Waals surface area (Å²) in [5, 5.41) is 10.5. The number of hydrogen-bond acceptors (Lipinski definition) is 4. The molecule has 0 saturated heterocycles. The van der Waals surface area contributed by atoms with Gasteiger partial charge in [-0.25, -0.2) is 4.39 Å². The largest absolute Gasteiger partial charge is 0.454 e. The second-order valence-corrected chi connectivity index (χ2v) is 4.42. The van der Waals surface area contributed by atoms with Crippen molar-refractivity contribution >= 4 is 5.69 Å². The van der Waals surface area contributed by atoms with Gasteiger partial charge in [-0.2, -0.15) is 4.39 Å². The van der Waals surface area contributed by atoms with Crippen molar-refractivity contribution in [2.24, 2.45) is 5.73 Å². The third kappa shape index (κ3) is 3.14. The zero-order valence-electron chi connectivity index (χ0n) is 11.0. The number of nitro benzene ring substituents is 1. The molecule has 0 heterocycles. The summed E-state index contributed by atoms with van der Waals surface area (Å²) in [6.45, 7) is 1.65. The molecule has 0 radical (unpaired) electrons. The molecule has 2 N–H and O–H groups in total. The van der Waals surface area contributed by atoms with Crippen molar-refractivity contribution in [3.8, 4) is 11.5 Å². The molecule has 1 atom stereocenters. The van der Waals surface area contributed by atoms with Crippen molar-refractivity contribution < 1.29 is 18.4 Å². The highest BCUT2D eigenvalue weighted by Crippen LogP contribution is 2.33. The highest BCUT2D eigenvalue weighted by Gasteiger charge is 2.17. The van der Waals surface area contributed by atoms with Crippen LogP contribution in [0.2, 0.25) is 0 Å². The van der Waals surface area contributed by atoms with E-state index in [2.05, 4.69) is 0 Å². The van der Waals surface area contributed by atoms with Crippen molar-refractivity contribution in [1.29, 1.82) is 0 Å². The SMILES string of the molecule is C[C@@H](N)c1cccc(F)c1Oc1ccc([N+](=O)[O-])c(F)c1. The summed E-state index contributed by atoms with van der Waals surface area (Å²) >= 11 is 0. The first kappa shape index (κ1) is 14.9. The first-order chi connectivity index (χ1) is 9.90. The van der Waals surface area contributed by atoms with Crippen LogP contribution in [-0.4, -0.2) is 4.92 Å². The Morgan fingerprint density at radius 3 is 2.52 bits per heavy atom. The molecular weight excluding hydrogens is 282 g/mol. The standard InChI is InChI=1S/C14H12F2N2O3/c1-8(17)10-3-2-4-11(15)14(10)21-9-5-6-13(18(19)20)12(16)7-9/h2-8H,17H2,1H3/t8-/m1/s1. The number of rotatable bonds is 4. The fraction of sp³-hybridized carbons (Fsp3) is 0.143. The van der Waals surface area contributed by atoms with Crippen LogP contribution in [0.5, 0.6) is 11.5 Å². The summed E-state index contributed by atoms with van der Waals surface area (Å²) < 4.78 is 32.6. The topological polar surface area (TPSA) is 78.4 Å². The maximum Gasteiger partial charge on any atom is 0.305 e. The normalized spacial score (nSPS) is 12.0. The van der Waals surface area contributed by atoms with Crippen LogP contribution in [0.4, 0.5) is 14.5 Å². The van der Waals surface area contributed by atoms with Gasteiger partial charge in [0.2, 0.25) is 5.82 Å². The second-order valence-electron chi connectivity index (χ2n) is 4.42. The summed E-state index contributed by atoms with van der Waals surface area (Å²) in [7, 11) is 0. The molecule has 2 rings (SSSR count). The first-order valence-corrected chi connectivity index (χ1v) is 6.06. The van der Waals surface area contributed by atoms with E-state index in [0.717, 1.165) is 12.1 Å². The summed E-state index contributed by atoms with van der Waals surface area (Å²) in [6, 6.07) is 6.75. The van der Waals surface area contributed by atoms with Gasteiger partial charge in [0.15, 0.2) is 11.6 Å². The molecule has 0 saturated carbocycles. The molecule has 110 valence electrons. The Hall–Kier alpha value is -2.54. The molecule has 0 fully saturated rings. The quantitative estimate of drug-likeness (QED) is 0.689. The molecule has 0 aromatic heterocycles. The average molecular weight is 294 g/mol. The van der Waals surface area contributed by atoms with Gasteiger partial charge >= 0.3 is 5.69 Å². The zero-order chi connectivity index (χ0) is 15.6. The lowest BCUT2D eigenvalue weighted by Gasteiger charge is -2.14. The van der Waals surface area contributed by atoms with Gasteiger partial charge in [0.05, 0.1) is 4.92 Å². The number of nitro groups is 1. The van der Waals surface area contributed by atoms with E-state index in [1.165, 1.54) is 18.2 Å². The minimum atomic E-state index is -1.06. The number of nitrogens with zero attached hydrogens (tertiary/aromatic N) is 1. The summed E-state index contributed by atoms with van der Waals surface area (Å²) in [6.07, 6.45) is 0. The van der Waals surface area contributed by atoms with Gasteiger partial charge in [-0.05, 0) is 19.1 Å². The Labute approximate surface area is 119 Å². The Bertz CT molecular complexity index is 690. The van der Waals surface area contributed by atoms with Gasteiger partial charge in [0.1, 0.15) is 5.75 Å². The van der Waals surface area contributed by atoms with Gasteiger partial charge < -0.3 is 10.5 Å². The number of benzene rings is 2. The lowest BCUT2D eigenvalue weighted by molar-refractivity contribution is -0.387. The van der Waals surface area contributed by atoms with Gasteiger partial charge in [-0.15, -0.1) is 0 Å². The summed E-state index contributed by atoms with van der Waals surface area (Å²) in [5.74, 6) is -1.88. The molecule has 0 aliphatic heterocycles. The van der Waals surface area contributed by atoms with Crippen LogP contribution in [0.3, 0.4) is 0 Å². The van der Waals surface area contributed by atoms with Gasteiger partial charge in [0.25, 0.3) is 0 Å². The maximum absolute atomic E-state index is 13.8. The van der Waals surface area contributed by atoms with E-state index in [1.54, 1.807) is 13.0 Å². The minimum absolute atomic E-state index is 0.0508.